The lowest BCUT2D eigenvalue weighted by molar-refractivity contribution is 0.0746. The van der Waals surface area contributed by atoms with E-state index < -0.39 is 0 Å². The summed E-state index contributed by atoms with van der Waals surface area (Å²) in [6.45, 7) is 5.22. The van der Waals surface area contributed by atoms with Gasteiger partial charge in [0.05, 0.1) is 5.56 Å². The molecule has 1 amide bonds. The van der Waals surface area contributed by atoms with Crippen molar-refractivity contribution in [1.29, 1.82) is 0 Å². The second-order valence-corrected chi connectivity index (χ2v) is 5.59. The summed E-state index contributed by atoms with van der Waals surface area (Å²) in [6, 6.07) is 11.9. The molecule has 1 saturated heterocycles. The number of nitrogens with zero attached hydrogens (tertiary/aromatic N) is 3. The Morgan fingerprint density at radius 3 is 2.55 bits per heavy atom. The van der Waals surface area contributed by atoms with E-state index in [9.17, 15) is 4.79 Å². The number of hydrogen-bond donors (Lipinski definition) is 1. The molecule has 1 fully saturated rings. The van der Waals surface area contributed by atoms with Gasteiger partial charge in [-0.1, -0.05) is 12.1 Å². The molecule has 2 aromatic rings. The largest absolute Gasteiger partial charge is 0.384 e. The van der Waals surface area contributed by atoms with Crippen LogP contribution in [0.5, 0.6) is 0 Å². The Bertz CT molecular complexity index is 661. The number of anilines is 2. The number of piperazine rings is 1. The van der Waals surface area contributed by atoms with Gasteiger partial charge in [-0.15, -0.1) is 0 Å². The fraction of sp³-hybridized carbons (Fsp3) is 0.294. The molecule has 0 unspecified atom stereocenters. The fourth-order valence-corrected chi connectivity index (χ4v) is 2.71. The van der Waals surface area contributed by atoms with Crippen molar-refractivity contribution in [3.63, 3.8) is 0 Å². The highest BCUT2D eigenvalue weighted by molar-refractivity contribution is 5.94. The van der Waals surface area contributed by atoms with Crippen LogP contribution in [0.3, 0.4) is 0 Å². The highest BCUT2D eigenvalue weighted by atomic mass is 16.2. The van der Waals surface area contributed by atoms with E-state index in [1.165, 1.54) is 11.3 Å². The van der Waals surface area contributed by atoms with E-state index in [0.29, 0.717) is 11.4 Å². The first kappa shape index (κ1) is 14.4. The molecule has 2 heterocycles. The molecule has 0 atom stereocenters. The van der Waals surface area contributed by atoms with E-state index in [-0.39, 0.29) is 5.91 Å². The van der Waals surface area contributed by atoms with Gasteiger partial charge in [-0.3, -0.25) is 4.79 Å². The SMILES string of the molecule is Cc1cccc(N2CCN(C(=O)c3ccc(N)nc3)CC2)c1. The summed E-state index contributed by atoms with van der Waals surface area (Å²) in [5.41, 5.74) is 8.63. The van der Waals surface area contributed by atoms with Crippen molar-refractivity contribution in [2.24, 2.45) is 0 Å². The molecule has 1 aliphatic heterocycles. The van der Waals surface area contributed by atoms with Crippen molar-refractivity contribution in [3.8, 4) is 0 Å². The fourth-order valence-electron chi connectivity index (χ4n) is 2.71. The zero-order valence-corrected chi connectivity index (χ0v) is 12.7. The molecule has 5 heteroatoms. The summed E-state index contributed by atoms with van der Waals surface area (Å²) in [5, 5.41) is 0. The lowest BCUT2D eigenvalue weighted by atomic mass is 10.1. The Balaban J connectivity index is 1.64. The number of rotatable bonds is 2. The average molecular weight is 296 g/mol. The molecule has 0 saturated carbocycles. The van der Waals surface area contributed by atoms with Gasteiger partial charge in [-0.25, -0.2) is 4.98 Å². The molecule has 0 radical (unpaired) electrons. The lowest BCUT2D eigenvalue weighted by Gasteiger charge is -2.36. The lowest BCUT2D eigenvalue weighted by Crippen LogP contribution is -2.48. The van der Waals surface area contributed by atoms with Gasteiger partial charge >= 0.3 is 0 Å². The van der Waals surface area contributed by atoms with Gasteiger partial charge in [0.15, 0.2) is 0 Å². The third-order valence-electron chi connectivity index (χ3n) is 3.97. The van der Waals surface area contributed by atoms with Gasteiger partial charge in [-0.2, -0.15) is 0 Å². The third-order valence-corrected chi connectivity index (χ3v) is 3.97. The molecule has 2 N–H and O–H groups in total. The highest BCUT2D eigenvalue weighted by Crippen LogP contribution is 2.18. The van der Waals surface area contributed by atoms with Gasteiger partial charge < -0.3 is 15.5 Å². The topological polar surface area (TPSA) is 62.5 Å². The van der Waals surface area contributed by atoms with Crippen LogP contribution in [0.15, 0.2) is 42.6 Å². The van der Waals surface area contributed by atoms with Crippen LogP contribution >= 0.6 is 0 Å². The van der Waals surface area contributed by atoms with Crippen molar-refractivity contribution < 1.29 is 4.79 Å². The molecule has 3 rings (SSSR count). The quantitative estimate of drug-likeness (QED) is 0.920. The van der Waals surface area contributed by atoms with Crippen molar-refractivity contribution in [3.05, 3.63) is 53.7 Å². The number of aromatic nitrogens is 1. The maximum Gasteiger partial charge on any atom is 0.255 e. The Morgan fingerprint density at radius 1 is 1.14 bits per heavy atom. The van der Waals surface area contributed by atoms with Crippen molar-refractivity contribution in [2.45, 2.75) is 6.92 Å². The zero-order chi connectivity index (χ0) is 15.5. The molecule has 0 spiro atoms. The number of aryl methyl sites for hydroxylation is 1. The minimum Gasteiger partial charge on any atom is -0.384 e. The molecule has 22 heavy (non-hydrogen) atoms. The number of nitrogens with two attached hydrogens (primary N) is 1. The molecule has 5 nitrogen and oxygen atoms in total. The van der Waals surface area contributed by atoms with E-state index in [0.717, 1.165) is 26.2 Å². The number of nitrogen functional groups attached to an aromatic ring is 1. The van der Waals surface area contributed by atoms with Crippen LogP contribution in [0, 0.1) is 6.92 Å². The Labute approximate surface area is 130 Å². The summed E-state index contributed by atoms with van der Waals surface area (Å²) in [7, 11) is 0. The first-order chi connectivity index (χ1) is 10.6. The van der Waals surface area contributed by atoms with Crippen LogP contribution in [-0.2, 0) is 0 Å². The zero-order valence-electron chi connectivity index (χ0n) is 12.7. The molecule has 114 valence electrons. The second-order valence-electron chi connectivity index (χ2n) is 5.59. The maximum absolute atomic E-state index is 12.4. The number of carbonyl (C=O) groups is 1. The van der Waals surface area contributed by atoms with Crippen molar-refractivity contribution in [2.75, 3.05) is 36.8 Å². The number of hydrogen-bond acceptors (Lipinski definition) is 4. The van der Waals surface area contributed by atoms with Crippen LogP contribution < -0.4 is 10.6 Å². The number of pyridine rings is 1. The van der Waals surface area contributed by atoms with Gasteiger partial charge in [0.2, 0.25) is 0 Å². The Hall–Kier alpha value is -2.56. The third kappa shape index (κ3) is 3.03. The first-order valence-corrected chi connectivity index (χ1v) is 7.46. The van der Waals surface area contributed by atoms with Crippen molar-refractivity contribution >= 4 is 17.4 Å². The van der Waals surface area contributed by atoms with Crippen molar-refractivity contribution in [1.82, 2.24) is 9.88 Å². The number of amides is 1. The molecule has 1 aromatic carbocycles. The molecular weight excluding hydrogens is 276 g/mol. The molecule has 1 aromatic heterocycles. The monoisotopic (exact) mass is 296 g/mol. The van der Waals surface area contributed by atoms with Crippen LogP contribution in [0.2, 0.25) is 0 Å². The predicted octanol–water partition coefficient (Wildman–Crippen LogP) is 1.93. The van der Waals surface area contributed by atoms with Gasteiger partial charge in [0.25, 0.3) is 5.91 Å². The summed E-state index contributed by atoms with van der Waals surface area (Å²) in [6.07, 6.45) is 1.55. The number of benzene rings is 1. The Morgan fingerprint density at radius 2 is 1.91 bits per heavy atom. The number of carbonyl (C=O) groups excluding carboxylic acids is 1. The minimum atomic E-state index is 0.0244. The first-order valence-electron chi connectivity index (χ1n) is 7.46. The van der Waals surface area contributed by atoms with E-state index in [2.05, 4.69) is 41.1 Å². The summed E-state index contributed by atoms with van der Waals surface area (Å²) in [5.74, 6) is 0.456. The second kappa shape index (κ2) is 6.05. The van der Waals surface area contributed by atoms with E-state index >= 15 is 0 Å². The highest BCUT2D eigenvalue weighted by Gasteiger charge is 2.22. The van der Waals surface area contributed by atoms with Crippen LogP contribution in [-0.4, -0.2) is 42.0 Å². The van der Waals surface area contributed by atoms with E-state index in [1.54, 1.807) is 18.3 Å². The molecule has 0 bridgehead atoms. The van der Waals surface area contributed by atoms with E-state index in [4.69, 9.17) is 5.73 Å². The van der Waals surface area contributed by atoms with Gasteiger partial charge in [0, 0.05) is 38.1 Å². The molecular formula is C17H20N4O. The smallest absolute Gasteiger partial charge is 0.255 e. The normalized spacial score (nSPS) is 15.0. The minimum absolute atomic E-state index is 0.0244. The van der Waals surface area contributed by atoms with E-state index in [1.807, 2.05) is 4.90 Å². The van der Waals surface area contributed by atoms with Crippen LogP contribution in [0.4, 0.5) is 11.5 Å². The standard InChI is InChI=1S/C17H20N4O/c1-13-3-2-4-15(11-13)20-7-9-21(10-8-20)17(22)14-5-6-16(18)19-12-14/h2-6,11-12H,7-10H2,1H3,(H2,18,19). The summed E-state index contributed by atoms with van der Waals surface area (Å²) in [4.78, 5) is 20.6. The maximum atomic E-state index is 12.4. The van der Waals surface area contributed by atoms with Crippen LogP contribution in [0.1, 0.15) is 15.9 Å². The molecule has 1 aliphatic rings. The van der Waals surface area contributed by atoms with Gasteiger partial charge in [0.1, 0.15) is 5.82 Å². The predicted molar refractivity (Wildman–Crippen MR) is 87.9 cm³/mol. The van der Waals surface area contributed by atoms with Gasteiger partial charge in [-0.05, 0) is 36.8 Å². The average Bonchev–Trinajstić information content (AvgIpc) is 2.55. The summed E-state index contributed by atoms with van der Waals surface area (Å²) >= 11 is 0. The molecule has 0 aliphatic carbocycles. The van der Waals surface area contributed by atoms with Crippen LogP contribution in [0.25, 0.3) is 0 Å². The summed E-state index contributed by atoms with van der Waals surface area (Å²) < 4.78 is 0. The Kier molecular flexibility index (Phi) is 3.96.